The van der Waals surface area contributed by atoms with E-state index in [1.165, 1.54) is 25.3 Å². The molecule has 0 saturated carbocycles. The van der Waals surface area contributed by atoms with Crippen LogP contribution in [0.4, 0.5) is 4.39 Å². The van der Waals surface area contributed by atoms with Gasteiger partial charge < -0.3 is 10.0 Å². The number of aliphatic carboxylic acids is 1. The Morgan fingerprint density at radius 2 is 1.95 bits per heavy atom. The highest BCUT2D eigenvalue weighted by molar-refractivity contribution is 5.76. The fourth-order valence-electron chi connectivity index (χ4n) is 2.66. The van der Waals surface area contributed by atoms with Gasteiger partial charge in [0.2, 0.25) is 0 Å². The molecule has 0 amide bonds. The molecule has 2 rings (SSSR count). The summed E-state index contributed by atoms with van der Waals surface area (Å²) in [6.07, 6.45) is 4.08. The van der Waals surface area contributed by atoms with Gasteiger partial charge in [-0.05, 0) is 45.0 Å². The lowest BCUT2D eigenvalue weighted by Gasteiger charge is -2.27. The molecule has 1 fully saturated rings. The van der Waals surface area contributed by atoms with Crippen LogP contribution in [0.2, 0.25) is 0 Å². The zero-order valence-electron chi connectivity index (χ0n) is 11.0. The van der Waals surface area contributed by atoms with Gasteiger partial charge in [-0.1, -0.05) is 24.6 Å². The van der Waals surface area contributed by atoms with Crippen LogP contribution in [-0.4, -0.2) is 35.6 Å². The number of carbonyl (C=O) groups is 1. The smallest absolute Gasteiger partial charge is 0.311 e. The first kappa shape index (κ1) is 14.0. The van der Waals surface area contributed by atoms with Crippen molar-refractivity contribution in [3.8, 4) is 0 Å². The van der Waals surface area contributed by atoms with Crippen LogP contribution >= 0.6 is 0 Å². The molecule has 4 heteroatoms. The maximum atomic E-state index is 13.7. The van der Waals surface area contributed by atoms with E-state index in [0.717, 1.165) is 19.6 Å². The van der Waals surface area contributed by atoms with Gasteiger partial charge in [-0.2, -0.15) is 0 Å². The summed E-state index contributed by atoms with van der Waals surface area (Å²) < 4.78 is 13.7. The van der Waals surface area contributed by atoms with Crippen molar-refractivity contribution in [1.29, 1.82) is 0 Å². The van der Waals surface area contributed by atoms with Gasteiger partial charge in [0.05, 0.1) is 5.92 Å². The molecular formula is C15H20FNO2. The van der Waals surface area contributed by atoms with Gasteiger partial charge in [0.1, 0.15) is 5.82 Å². The third-order valence-electron chi connectivity index (χ3n) is 3.76. The summed E-state index contributed by atoms with van der Waals surface area (Å²) in [4.78, 5) is 13.6. The van der Waals surface area contributed by atoms with E-state index in [9.17, 15) is 14.3 Å². The highest BCUT2D eigenvalue weighted by atomic mass is 19.1. The maximum Gasteiger partial charge on any atom is 0.311 e. The van der Waals surface area contributed by atoms with Gasteiger partial charge >= 0.3 is 5.97 Å². The Hall–Kier alpha value is -1.42. The van der Waals surface area contributed by atoms with E-state index in [-0.39, 0.29) is 0 Å². The lowest BCUT2D eigenvalue weighted by Crippen LogP contribution is -2.32. The lowest BCUT2D eigenvalue weighted by atomic mass is 9.94. The van der Waals surface area contributed by atoms with E-state index in [2.05, 4.69) is 4.90 Å². The van der Waals surface area contributed by atoms with Gasteiger partial charge in [-0.3, -0.25) is 4.79 Å². The van der Waals surface area contributed by atoms with Gasteiger partial charge in [0.15, 0.2) is 0 Å². The highest BCUT2D eigenvalue weighted by Gasteiger charge is 2.23. The minimum absolute atomic E-state index is 0.298. The van der Waals surface area contributed by atoms with Crippen LogP contribution in [0.5, 0.6) is 0 Å². The molecule has 19 heavy (non-hydrogen) atoms. The second-order valence-corrected chi connectivity index (χ2v) is 5.10. The number of nitrogens with zero attached hydrogens (tertiary/aromatic N) is 1. The van der Waals surface area contributed by atoms with Crippen molar-refractivity contribution in [3.05, 3.63) is 35.6 Å². The van der Waals surface area contributed by atoms with E-state index in [1.807, 2.05) is 0 Å². The Morgan fingerprint density at radius 3 is 2.58 bits per heavy atom. The molecular weight excluding hydrogens is 245 g/mol. The van der Waals surface area contributed by atoms with Crippen molar-refractivity contribution in [2.45, 2.75) is 31.6 Å². The minimum atomic E-state index is -0.942. The second-order valence-electron chi connectivity index (χ2n) is 5.10. The Kier molecular flexibility index (Phi) is 4.91. The summed E-state index contributed by atoms with van der Waals surface area (Å²) in [5.41, 5.74) is 0.298. The first-order valence-electron chi connectivity index (χ1n) is 6.88. The van der Waals surface area contributed by atoms with Crippen LogP contribution in [0.1, 0.15) is 37.2 Å². The fraction of sp³-hybridized carbons (Fsp3) is 0.533. The van der Waals surface area contributed by atoms with E-state index >= 15 is 0 Å². The van der Waals surface area contributed by atoms with E-state index < -0.39 is 17.7 Å². The monoisotopic (exact) mass is 265 g/mol. The van der Waals surface area contributed by atoms with Crippen molar-refractivity contribution in [1.82, 2.24) is 4.90 Å². The number of carboxylic acids is 1. The quantitative estimate of drug-likeness (QED) is 0.890. The van der Waals surface area contributed by atoms with Crippen LogP contribution in [0.15, 0.2) is 24.3 Å². The molecule has 3 nitrogen and oxygen atoms in total. The molecule has 0 radical (unpaired) electrons. The molecule has 1 N–H and O–H groups in total. The fourth-order valence-corrected chi connectivity index (χ4v) is 2.66. The summed E-state index contributed by atoms with van der Waals surface area (Å²) in [6.45, 7) is 2.79. The van der Waals surface area contributed by atoms with Gasteiger partial charge in [-0.25, -0.2) is 4.39 Å². The lowest BCUT2D eigenvalue weighted by molar-refractivity contribution is -0.139. The molecule has 0 spiro atoms. The SMILES string of the molecule is O=C(O)C(CCN1CCCCC1)c1ccccc1F. The number of likely N-dealkylation sites (tertiary alicyclic amines) is 1. The molecule has 1 aromatic carbocycles. The van der Waals surface area contributed by atoms with Crippen molar-refractivity contribution >= 4 is 5.97 Å². The number of hydrogen-bond acceptors (Lipinski definition) is 2. The molecule has 1 aromatic rings. The number of piperidine rings is 1. The van der Waals surface area contributed by atoms with Crippen LogP contribution in [-0.2, 0) is 4.79 Å². The second kappa shape index (κ2) is 6.66. The van der Waals surface area contributed by atoms with Crippen LogP contribution in [0.25, 0.3) is 0 Å². The first-order valence-corrected chi connectivity index (χ1v) is 6.88. The summed E-state index contributed by atoms with van der Waals surface area (Å²) in [5.74, 6) is -2.11. The number of rotatable bonds is 5. The summed E-state index contributed by atoms with van der Waals surface area (Å²) >= 11 is 0. The number of hydrogen-bond donors (Lipinski definition) is 1. The zero-order chi connectivity index (χ0) is 13.7. The largest absolute Gasteiger partial charge is 0.481 e. The summed E-state index contributed by atoms with van der Waals surface area (Å²) in [6, 6.07) is 6.17. The molecule has 1 unspecified atom stereocenters. The average molecular weight is 265 g/mol. The van der Waals surface area contributed by atoms with Crippen molar-refractivity contribution in [3.63, 3.8) is 0 Å². The predicted octanol–water partition coefficient (Wildman–Crippen LogP) is 2.87. The van der Waals surface area contributed by atoms with Crippen molar-refractivity contribution < 1.29 is 14.3 Å². The zero-order valence-corrected chi connectivity index (χ0v) is 11.0. The molecule has 1 aliphatic rings. The predicted molar refractivity (Wildman–Crippen MR) is 71.7 cm³/mol. The summed E-state index contributed by atoms with van der Waals surface area (Å²) in [5, 5.41) is 9.30. The third-order valence-corrected chi connectivity index (χ3v) is 3.76. The van der Waals surface area contributed by atoms with Gasteiger partial charge in [0, 0.05) is 5.56 Å². The number of halogens is 1. The Balaban J connectivity index is 2.00. The van der Waals surface area contributed by atoms with Crippen LogP contribution < -0.4 is 0 Å². The first-order chi connectivity index (χ1) is 9.18. The molecule has 0 bridgehead atoms. The van der Waals surface area contributed by atoms with E-state index in [4.69, 9.17) is 0 Å². The molecule has 1 saturated heterocycles. The summed E-state index contributed by atoms with van der Waals surface area (Å²) in [7, 11) is 0. The Bertz CT molecular complexity index is 430. The molecule has 0 aliphatic carbocycles. The van der Waals surface area contributed by atoms with Gasteiger partial charge in [0.25, 0.3) is 0 Å². The van der Waals surface area contributed by atoms with Crippen molar-refractivity contribution in [2.75, 3.05) is 19.6 Å². The van der Waals surface area contributed by atoms with Crippen LogP contribution in [0.3, 0.4) is 0 Å². The average Bonchev–Trinajstić information content (AvgIpc) is 2.42. The van der Waals surface area contributed by atoms with E-state index in [0.29, 0.717) is 12.0 Å². The highest BCUT2D eigenvalue weighted by Crippen LogP contribution is 2.24. The van der Waals surface area contributed by atoms with Gasteiger partial charge in [-0.15, -0.1) is 0 Å². The van der Waals surface area contributed by atoms with Crippen LogP contribution in [0, 0.1) is 5.82 Å². The maximum absolute atomic E-state index is 13.7. The normalized spacial score (nSPS) is 18.2. The van der Waals surface area contributed by atoms with Crippen molar-refractivity contribution in [2.24, 2.45) is 0 Å². The Labute approximate surface area is 113 Å². The molecule has 1 atom stereocenters. The topological polar surface area (TPSA) is 40.5 Å². The molecule has 1 aliphatic heterocycles. The molecule has 1 heterocycles. The molecule has 104 valence electrons. The number of benzene rings is 1. The minimum Gasteiger partial charge on any atom is -0.481 e. The van der Waals surface area contributed by atoms with E-state index in [1.54, 1.807) is 18.2 Å². The molecule has 0 aromatic heterocycles. The number of carboxylic acid groups (broad SMARTS) is 1. The Morgan fingerprint density at radius 1 is 1.26 bits per heavy atom. The third kappa shape index (κ3) is 3.77. The standard InChI is InChI=1S/C15H20FNO2/c16-14-7-3-2-6-12(14)13(15(18)19)8-11-17-9-4-1-5-10-17/h2-3,6-7,13H,1,4-5,8-11H2,(H,18,19).